The largest absolute Gasteiger partial charge is 0.481 e. The number of pyridine rings is 1. The zero-order valence-electron chi connectivity index (χ0n) is 24.0. The Labute approximate surface area is 245 Å². The summed E-state index contributed by atoms with van der Waals surface area (Å²) in [7, 11) is 0. The number of nitrogens with zero attached hydrogens (tertiary/aromatic N) is 4. The van der Waals surface area contributed by atoms with E-state index in [1.54, 1.807) is 15.9 Å². The van der Waals surface area contributed by atoms with Crippen molar-refractivity contribution in [1.82, 2.24) is 20.1 Å². The van der Waals surface area contributed by atoms with Gasteiger partial charge in [0.15, 0.2) is 0 Å². The van der Waals surface area contributed by atoms with Crippen LogP contribution < -0.4 is 10.2 Å². The number of carboxylic acid groups (broad SMARTS) is 1. The Bertz CT molecular complexity index is 1230. The van der Waals surface area contributed by atoms with E-state index in [1.165, 1.54) is 0 Å². The van der Waals surface area contributed by atoms with E-state index in [2.05, 4.69) is 15.2 Å². The molecule has 1 aromatic heterocycles. The number of amides is 3. The Morgan fingerprint density at radius 2 is 1.69 bits per heavy atom. The standard InChI is InChI=1S/C30H39N5O7/c1-2-3-17-42-30(40)35-13-11-34(12-14-35)29(39)24(9-10-27(36)37)32-28(38)26-21-23(33-15-18-41-19-16-33)20-25(31-26)22-7-5-4-6-8-22/h4-8,20-21,24H,2-3,9-19H2,1H3,(H,32,38)(H,36,37)/t24-/m0/s1. The summed E-state index contributed by atoms with van der Waals surface area (Å²) >= 11 is 0. The summed E-state index contributed by atoms with van der Waals surface area (Å²) in [6, 6.07) is 12.1. The molecule has 0 aliphatic carbocycles. The molecule has 0 saturated carbocycles. The maximum Gasteiger partial charge on any atom is 0.409 e. The highest BCUT2D eigenvalue weighted by atomic mass is 16.6. The zero-order valence-corrected chi connectivity index (χ0v) is 24.0. The van der Waals surface area contributed by atoms with Crippen LogP contribution in [0.5, 0.6) is 0 Å². The van der Waals surface area contributed by atoms with Crippen molar-refractivity contribution >= 4 is 29.6 Å². The Morgan fingerprint density at radius 3 is 2.36 bits per heavy atom. The second kappa shape index (κ2) is 15.2. The number of unbranched alkanes of at least 4 members (excludes halogenated alkanes) is 1. The molecular formula is C30H39N5O7. The summed E-state index contributed by atoms with van der Waals surface area (Å²) in [5, 5.41) is 12.1. The number of aliphatic carboxylic acids is 1. The fourth-order valence-electron chi connectivity index (χ4n) is 4.88. The summed E-state index contributed by atoms with van der Waals surface area (Å²) < 4.78 is 10.8. The smallest absolute Gasteiger partial charge is 0.409 e. The summed E-state index contributed by atoms with van der Waals surface area (Å²) in [5.41, 5.74) is 2.39. The van der Waals surface area contributed by atoms with Crippen LogP contribution in [-0.2, 0) is 19.1 Å². The van der Waals surface area contributed by atoms with Crippen LogP contribution >= 0.6 is 0 Å². The van der Waals surface area contributed by atoms with Crippen LogP contribution in [0.1, 0.15) is 43.1 Å². The van der Waals surface area contributed by atoms with E-state index >= 15 is 0 Å². The number of carbonyl (C=O) groups excluding carboxylic acids is 3. The van der Waals surface area contributed by atoms with Crippen LogP contribution in [0.25, 0.3) is 11.3 Å². The van der Waals surface area contributed by atoms with Gasteiger partial charge in [-0.25, -0.2) is 9.78 Å². The van der Waals surface area contributed by atoms with Crippen molar-refractivity contribution in [2.45, 2.75) is 38.6 Å². The summed E-state index contributed by atoms with van der Waals surface area (Å²) in [6.45, 7) is 5.92. The molecule has 1 aromatic carbocycles. The fraction of sp³-hybridized carbons (Fsp3) is 0.500. The molecule has 1 atom stereocenters. The molecule has 12 heteroatoms. The predicted octanol–water partition coefficient (Wildman–Crippen LogP) is 2.63. The van der Waals surface area contributed by atoms with Gasteiger partial charge in [0.1, 0.15) is 11.7 Å². The molecule has 3 heterocycles. The number of nitrogens with one attached hydrogen (secondary N) is 1. The van der Waals surface area contributed by atoms with Gasteiger partial charge in [-0.05, 0) is 25.0 Å². The lowest BCUT2D eigenvalue weighted by atomic mass is 10.1. The Balaban J connectivity index is 1.49. The molecule has 42 heavy (non-hydrogen) atoms. The van der Waals surface area contributed by atoms with Gasteiger partial charge < -0.3 is 34.6 Å². The minimum atomic E-state index is -1.07. The van der Waals surface area contributed by atoms with E-state index < -0.39 is 29.9 Å². The number of anilines is 1. The first-order chi connectivity index (χ1) is 20.4. The SMILES string of the molecule is CCCCOC(=O)N1CCN(C(=O)[C@H](CCC(=O)O)NC(=O)c2cc(N3CCOCC3)cc(-c3ccccc3)n2)CC1. The Morgan fingerprint density at radius 1 is 1.00 bits per heavy atom. The number of carbonyl (C=O) groups is 4. The van der Waals surface area contributed by atoms with Crippen molar-refractivity contribution in [2.24, 2.45) is 0 Å². The number of hydrogen-bond donors (Lipinski definition) is 2. The molecule has 4 rings (SSSR count). The van der Waals surface area contributed by atoms with E-state index in [4.69, 9.17) is 9.47 Å². The van der Waals surface area contributed by atoms with Gasteiger partial charge in [-0.15, -0.1) is 0 Å². The summed E-state index contributed by atoms with van der Waals surface area (Å²) in [4.78, 5) is 60.6. The van der Waals surface area contributed by atoms with Gasteiger partial charge in [-0.2, -0.15) is 0 Å². The lowest BCUT2D eigenvalue weighted by Crippen LogP contribution is -2.56. The number of hydrogen-bond acceptors (Lipinski definition) is 8. The average Bonchev–Trinajstić information content (AvgIpc) is 3.03. The van der Waals surface area contributed by atoms with Crippen molar-refractivity contribution in [3.05, 3.63) is 48.2 Å². The lowest BCUT2D eigenvalue weighted by molar-refractivity contribution is -0.138. The van der Waals surface area contributed by atoms with Crippen LogP contribution in [0, 0.1) is 0 Å². The second-order valence-electron chi connectivity index (χ2n) is 10.3. The number of carboxylic acids is 1. The molecular weight excluding hydrogens is 542 g/mol. The lowest BCUT2D eigenvalue weighted by Gasteiger charge is -2.36. The highest BCUT2D eigenvalue weighted by molar-refractivity contribution is 5.97. The number of rotatable bonds is 11. The molecule has 2 aliphatic rings. The second-order valence-corrected chi connectivity index (χ2v) is 10.3. The number of morpholine rings is 1. The van der Waals surface area contributed by atoms with Gasteiger partial charge in [0.2, 0.25) is 5.91 Å². The molecule has 2 aromatic rings. The van der Waals surface area contributed by atoms with Crippen molar-refractivity contribution in [2.75, 3.05) is 64.0 Å². The first-order valence-corrected chi connectivity index (χ1v) is 14.5. The van der Waals surface area contributed by atoms with Crippen molar-refractivity contribution in [1.29, 1.82) is 0 Å². The molecule has 2 fully saturated rings. The number of aromatic nitrogens is 1. The maximum atomic E-state index is 13.6. The van der Waals surface area contributed by atoms with Gasteiger partial charge in [0.25, 0.3) is 5.91 Å². The average molecular weight is 582 g/mol. The van der Waals surface area contributed by atoms with Crippen LogP contribution in [0.4, 0.5) is 10.5 Å². The highest BCUT2D eigenvalue weighted by Crippen LogP contribution is 2.25. The maximum absolute atomic E-state index is 13.6. The third-order valence-corrected chi connectivity index (χ3v) is 7.31. The number of benzene rings is 1. The predicted molar refractivity (Wildman–Crippen MR) is 155 cm³/mol. The third kappa shape index (κ3) is 8.41. The van der Waals surface area contributed by atoms with E-state index in [1.807, 2.05) is 43.3 Å². The van der Waals surface area contributed by atoms with Crippen molar-refractivity contribution < 1.29 is 33.8 Å². The fourth-order valence-corrected chi connectivity index (χ4v) is 4.88. The normalized spacial score (nSPS) is 16.1. The minimum absolute atomic E-state index is 0.0755. The number of piperazine rings is 1. The Hall–Kier alpha value is -4.19. The molecule has 2 saturated heterocycles. The van der Waals surface area contributed by atoms with Gasteiger partial charge in [-0.1, -0.05) is 43.7 Å². The monoisotopic (exact) mass is 581 g/mol. The first kappa shape index (κ1) is 30.8. The van der Waals surface area contributed by atoms with Crippen molar-refractivity contribution in [3.63, 3.8) is 0 Å². The first-order valence-electron chi connectivity index (χ1n) is 14.5. The molecule has 2 N–H and O–H groups in total. The minimum Gasteiger partial charge on any atom is -0.481 e. The van der Waals surface area contributed by atoms with E-state index in [0.29, 0.717) is 51.7 Å². The highest BCUT2D eigenvalue weighted by Gasteiger charge is 2.31. The van der Waals surface area contributed by atoms with E-state index in [9.17, 15) is 24.3 Å². The Kier molecular flexibility index (Phi) is 11.1. The molecule has 0 spiro atoms. The third-order valence-electron chi connectivity index (χ3n) is 7.31. The summed E-state index contributed by atoms with van der Waals surface area (Å²) in [5.74, 6) is -2.03. The van der Waals surface area contributed by atoms with Gasteiger partial charge in [-0.3, -0.25) is 14.4 Å². The van der Waals surface area contributed by atoms with Gasteiger partial charge in [0.05, 0.1) is 25.5 Å². The van der Waals surface area contributed by atoms with Crippen LogP contribution in [0.3, 0.4) is 0 Å². The molecule has 0 unspecified atom stereocenters. The molecule has 226 valence electrons. The molecule has 0 radical (unpaired) electrons. The topological polar surface area (TPSA) is 142 Å². The van der Waals surface area contributed by atoms with Crippen molar-refractivity contribution in [3.8, 4) is 11.3 Å². The summed E-state index contributed by atoms with van der Waals surface area (Å²) in [6.07, 6.45) is 0.920. The molecule has 0 bridgehead atoms. The van der Waals surface area contributed by atoms with Crippen LogP contribution in [-0.4, -0.2) is 109 Å². The van der Waals surface area contributed by atoms with Crippen LogP contribution in [0.2, 0.25) is 0 Å². The zero-order chi connectivity index (χ0) is 29.9. The quantitative estimate of drug-likeness (QED) is 0.383. The molecule has 12 nitrogen and oxygen atoms in total. The van der Waals surface area contributed by atoms with Gasteiger partial charge >= 0.3 is 12.1 Å². The number of ether oxygens (including phenoxy) is 2. The van der Waals surface area contributed by atoms with E-state index in [0.717, 1.165) is 24.1 Å². The van der Waals surface area contributed by atoms with E-state index in [-0.39, 0.29) is 31.6 Å². The van der Waals surface area contributed by atoms with Gasteiger partial charge in [0, 0.05) is 56.9 Å². The molecule has 2 aliphatic heterocycles. The molecule has 3 amide bonds. The van der Waals surface area contributed by atoms with Crippen LogP contribution in [0.15, 0.2) is 42.5 Å².